The Bertz CT molecular complexity index is 740. The number of rotatable bonds is 5. The summed E-state index contributed by atoms with van der Waals surface area (Å²) in [6.45, 7) is 1.58. The summed E-state index contributed by atoms with van der Waals surface area (Å²) in [6, 6.07) is 20.7. The average molecular weight is 297 g/mol. The number of hydrogen-bond acceptors (Lipinski definition) is 2. The van der Waals surface area contributed by atoms with Crippen LogP contribution >= 0.6 is 11.6 Å². The van der Waals surface area contributed by atoms with E-state index in [9.17, 15) is 0 Å². The molecule has 0 fully saturated rings. The maximum absolute atomic E-state index is 5.85. The lowest BCUT2D eigenvalue weighted by Gasteiger charge is -2.07. The number of hydrogen-bond donors (Lipinski definition) is 1. The summed E-state index contributed by atoms with van der Waals surface area (Å²) in [5, 5.41) is 4.61. The zero-order valence-electron chi connectivity index (χ0n) is 11.7. The molecular weight excluding hydrogens is 280 g/mol. The molecule has 21 heavy (non-hydrogen) atoms. The van der Waals surface area contributed by atoms with Crippen LogP contribution in [0.2, 0.25) is 0 Å². The third-order valence-corrected chi connectivity index (χ3v) is 3.75. The van der Waals surface area contributed by atoms with Crippen LogP contribution in [0.5, 0.6) is 0 Å². The number of fused-ring (bicyclic) bond motifs is 1. The Morgan fingerprint density at radius 3 is 2.62 bits per heavy atom. The molecule has 0 spiro atoms. The smallest absolute Gasteiger partial charge is 0.0705 e. The monoisotopic (exact) mass is 296 g/mol. The van der Waals surface area contributed by atoms with Crippen LogP contribution in [-0.4, -0.2) is 4.98 Å². The molecule has 1 heterocycles. The average Bonchev–Trinajstić information content (AvgIpc) is 2.55. The summed E-state index contributed by atoms with van der Waals surface area (Å²) in [4.78, 5) is 4.66. The Hall–Kier alpha value is -1.90. The van der Waals surface area contributed by atoms with Gasteiger partial charge in [0.2, 0.25) is 0 Å². The number of halogens is 1. The maximum atomic E-state index is 5.85. The Morgan fingerprint density at radius 1 is 0.857 bits per heavy atom. The predicted octanol–water partition coefficient (Wildman–Crippen LogP) is 4.26. The van der Waals surface area contributed by atoms with Crippen LogP contribution in [0.15, 0.2) is 60.7 Å². The van der Waals surface area contributed by atoms with Gasteiger partial charge in [-0.1, -0.05) is 48.5 Å². The van der Waals surface area contributed by atoms with Crippen LogP contribution in [0.3, 0.4) is 0 Å². The van der Waals surface area contributed by atoms with Gasteiger partial charge in [-0.2, -0.15) is 0 Å². The van der Waals surface area contributed by atoms with Gasteiger partial charge in [0.05, 0.1) is 11.2 Å². The highest BCUT2D eigenvalue weighted by atomic mass is 35.5. The molecule has 1 N–H and O–H groups in total. The van der Waals surface area contributed by atoms with Crippen molar-refractivity contribution >= 4 is 22.5 Å². The van der Waals surface area contributed by atoms with E-state index in [0.29, 0.717) is 5.88 Å². The Kier molecular flexibility index (Phi) is 4.49. The summed E-state index contributed by atoms with van der Waals surface area (Å²) in [6.07, 6.45) is 0. The first-order valence-electron chi connectivity index (χ1n) is 7.04. The quantitative estimate of drug-likeness (QED) is 0.712. The zero-order valence-corrected chi connectivity index (χ0v) is 12.5. The van der Waals surface area contributed by atoms with Gasteiger partial charge >= 0.3 is 0 Å². The fraction of sp³-hybridized carbons (Fsp3) is 0.167. The second kappa shape index (κ2) is 6.70. The number of nitrogens with zero attached hydrogens (tertiary/aromatic N) is 1. The molecule has 0 aliphatic heterocycles. The molecule has 3 rings (SSSR count). The van der Waals surface area contributed by atoms with E-state index in [1.165, 1.54) is 10.9 Å². The highest BCUT2D eigenvalue weighted by Gasteiger charge is 1.99. The molecule has 0 saturated heterocycles. The largest absolute Gasteiger partial charge is 0.307 e. The highest BCUT2D eigenvalue weighted by molar-refractivity contribution is 6.17. The van der Waals surface area contributed by atoms with Crippen molar-refractivity contribution in [2.24, 2.45) is 0 Å². The fourth-order valence-electron chi connectivity index (χ4n) is 2.36. The van der Waals surface area contributed by atoms with Crippen molar-refractivity contribution in [2.75, 3.05) is 0 Å². The lowest BCUT2D eigenvalue weighted by molar-refractivity contribution is 0.681. The first-order valence-corrected chi connectivity index (χ1v) is 7.58. The topological polar surface area (TPSA) is 24.9 Å². The van der Waals surface area contributed by atoms with Crippen molar-refractivity contribution in [2.45, 2.75) is 19.0 Å². The predicted molar refractivity (Wildman–Crippen MR) is 88.3 cm³/mol. The summed E-state index contributed by atoms with van der Waals surface area (Å²) in [5.41, 5.74) is 4.50. The molecule has 2 aromatic carbocycles. The number of para-hydroxylation sites is 1. The number of aromatic nitrogens is 1. The lowest BCUT2D eigenvalue weighted by Crippen LogP contribution is -2.13. The van der Waals surface area contributed by atoms with E-state index in [0.717, 1.165) is 29.9 Å². The van der Waals surface area contributed by atoms with Crippen LogP contribution in [-0.2, 0) is 19.0 Å². The van der Waals surface area contributed by atoms with Gasteiger partial charge in [0.1, 0.15) is 0 Å². The molecule has 0 amide bonds. The van der Waals surface area contributed by atoms with Gasteiger partial charge in [0.15, 0.2) is 0 Å². The minimum atomic E-state index is 0.556. The molecule has 0 atom stereocenters. The molecule has 0 unspecified atom stereocenters. The third-order valence-electron chi connectivity index (χ3n) is 3.44. The van der Waals surface area contributed by atoms with E-state index in [2.05, 4.69) is 40.6 Å². The third kappa shape index (κ3) is 3.60. The standard InChI is InChI=1S/C18H17ClN2/c19-11-14-4-3-5-15(10-14)12-20-13-17-9-8-16-6-1-2-7-18(16)21-17/h1-10,20H,11-13H2. The molecule has 0 radical (unpaired) electrons. The normalized spacial score (nSPS) is 10.9. The van der Waals surface area contributed by atoms with Gasteiger partial charge in [-0.25, -0.2) is 0 Å². The molecule has 1 aromatic heterocycles. The van der Waals surface area contributed by atoms with Gasteiger partial charge in [0.25, 0.3) is 0 Å². The molecular formula is C18H17ClN2. The van der Waals surface area contributed by atoms with E-state index >= 15 is 0 Å². The van der Waals surface area contributed by atoms with Gasteiger partial charge in [-0.05, 0) is 23.3 Å². The first-order chi connectivity index (χ1) is 10.3. The van der Waals surface area contributed by atoms with Crippen LogP contribution < -0.4 is 5.32 Å². The van der Waals surface area contributed by atoms with Crippen molar-refractivity contribution in [1.29, 1.82) is 0 Å². The second-order valence-corrected chi connectivity index (χ2v) is 5.32. The van der Waals surface area contributed by atoms with E-state index in [1.54, 1.807) is 0 Å². The van der Waals surface area contributed by atoms with Crippen molar-refractivity contribution in [3.8, 4) is 0 Å². The first kappa shape index (κ1) is 14.1. The summed E-state index contributed by atoms with van der Waals surface area (Å²) < 4.78 is 0. The van der Waals surface area contributed by atoms with Gasteiger partial charge in [-0.15, -0.1) is 11.6 Å². The molecule has 3 heteroatoms. The SMILES string of the molecule is ClCc1cccc(CNCc2ccc3ccccc3n2)c1. The number of benzene rings is 2. The molecule has 2 nitrogen and oxygen atoms in total. The number of nitrogens with one attached hydrogen (secondary N) is 1. The summed E-state index contributed by atoms with van der Waals surface area (Å²) >= 11 is 5.85. The molecule has 0 aliphatic carbocycles. The zero-order chi connectivity index (χ0) is 14.5. The Labute approximate surface area is 129 Å². The lowest BCUT2D eigenvalue weighted by atomic mass is 10.1. The van der Waals surface area contributed by atoms with Crippen molar-refractivity contribution in [3.05, 3.63) is 77.5 Å². The highest BCUT2D eigenvalue weighted by Crippen LogP contribution is 2.12. The van der Waals surface area contributed by atoms with Crippen LogP contribution in [0.1, 0.15) is 16.8 Å². The number of pyridine rings is 1. The second-order valence-electron chi connectivity index (χ2n) is 5.05. The van der Waals surface area contributed by atoms with Gasteiger partial charge in [-0.3, -0.25) is 4.98 Å². The van der Waals surface area contributed by atoms with E-state index in [1.807, 2.05) is 30.3 Å². The van der Waals surface area contributed by atoms with Crippen LogP contribution in [0, 0.1) is 0 Å². The number of alkyl halides is 1. The molecule has 0 saturated carbocycles. The maximum Gasteiger partial charge on any atom is 0.0705 e. The Morgan fingerprint density at radius 2 is 1.71 bits per heavy atom. The van der Waals surface area contributed by atoms with Gasteiger partial charge in [0, 0.05) is 24.4 Å². The van der Waals surface area contributed by atoms with Gasteiger partial charge < -0.3 is 5.32 Å². The minimum absolute atomic E-state index is 0.556. The molecule has 0 aliphatic rings. The van der Waals surface area contributed by atoms with Crippen molar-refractivity contribution in [1.82, 2.24) is 10.3 Å². The minimum Gasteiger partial charge on any atom is -0.307 e. The van der Waals surface area contributed by atoms with Crippen LogP contribution in [0.4, 0.5) is 0 Å². The molecule has 0 bridgehead atoms. The van der Waals surface area contributed by atoms with Crippen molar-refractivity contribution in [3.63, 3.8) is 0 Å². The van der Waals surface area contributed by atoms with E-state index in [4.69, 9.17) is 11.6 Å². The van der Waals surface area contributed by atoms with E-state index in [-0.39, 0.29) is 0 Å². The van der Waals surface area contributed by atoms with Crippen molar-refractivity contribution < 1.29 is 0 Å². The summed E-state index contributed by atoms with van der Waals surface area (Å²) in [5.74, 6) is 0.556. The Balaban J connectivity index is 1.63. The van der Waals surface area contributed by atoms with Crippen LogP contribution in [0.25, 0.3) is 10.9 Å². The molecule has 3 aromatic rings. The summed E-state index contributed by atoms with van der Waals surface area (Å²) in [7, 11) is 0. The van der Waals surface area contributed by atoms with E-state index < -0.39 is 0 Å². The molecule has 106 valence electrons. The fourth-order valence-corrected chi connectivity index (χ4v) is 2.53.